The highest BCUT2D eigenvalue weighted by atomic mass is 19.1. The molecule has 0 spiro atoms. The van der Waals surface area contributed by atoms with Gasteiger partial charge in [0.1, 0.15) is 11.9 Å². The highest BCUT2D eigenvalue weighted by Crippen LogP contribution is 2.23. The van der Waals surface area contributed by atoms with E-state index < -0.39 is 17.8 Å². The fourth-order valence-electron chi connectivity index (χ4n) is 3.02. The van der Waals surface area contributed by atoms with Gasteiger partial charge in [0.15, 0.2) is 11.6 Å². The van der Waals surface area contributed by atoms with Crippen molar-refractivity contribution in [2.75, 3.05) is 38.2 Å². The number of ketones is 2. The molecule has 24 heavy (non-hydrogen) atoms. The molecule has 0 unspecified atom stereocenters. The molecule has 0 amide bonds. The number of halogens is 1. The third-order valence-corrected chi connectivity index (χ3v) is 4.16. The zero-order valence-corrected chi connectivity index (χ0v) is 14.0. The highest BCUT2D eigenvalue weighted by Gasteiger charge is 2.30. The summed E-state index contributed by atoms with van der Waals surface area (Å²) < 4.78 is 18.8. The van der Waals surface area contributed by atoms with Gasteiger partial charge < -0.3 is 9.64 Å². The Morgan fingerprint density at radius 3 is 2.17 bits per heavy atom. The lowest BCUT2D eigenvalue weighted by Crippen LogP contribution is -2.54. The molecular weight excluding hydrogens is 315 g/mol. The van der Waals surface area contributed by atoms with Crippen LogP contribution >= 0.6 is 0 Å². The maximum atomic E-state index is 14.1. The predicted octanol–water partition coefficient (Wildman–Crippen LogP) is 1.28. The molecule has 0 atom stereocenters. The van der Waals surface area contributed by atoms with Crippen LogP contribution in [0, 0.1) is 5.82 Å². The van der Waals surface area contributed by atoms with Crippen LogP contribution in [0.5, 0.6) is 0 Å². The first-order valence-electron chi connectivity index (χ1n) is 7.73. The molecule has 0 aliphatic carbocycles. The molecule has 130 valence electrons. The number of carbonyl (C=O) groups excluding carboxylic acids is 3. The molecule has 0 N–H and O–H groups in total. The number of ether oxygens (including phenoxy) is 1. The molecule has 0 aromatic heterocycles. The summed E-state index contributed by atoms with van der Waals surface area (Å²) in [6, 6.07) is 3.34. The number of benzene rings is 1. The Balaban J connectivity index is 2.13. The Morgan fingerprint density at radius 1 is 1.08 bits per heavy atom. The van der Waals surface area contributed by atoms with E-state index in [9.17, 15) is 18.8 Å². The van der Waals surface area contributed by atoms with Crippen LogP contribution in [0.2, 0.25) is 0 Å². The van der Waals surface area contributed by atoms with E-state index in [4.69, 9.17) is 0 Å². The first-order chi connectivity index (χ1) is 11.3. The van der Waals surface area contributed by atoms with Gasteiger partial charge in [0.2, 0.25) is 0 Å². The maximum absolute atomic E-state index is 14.1. The van der Waals surface area contributed by atoms with Crippen LogP contribution in [0.1, 0.15) is 24.2 Å². The molecule has 6 nitrogen and oxygen atoms in total. The lowest BCUT2D eigenvalue weighted by Gasteiger charge is -2.38. The van der Waals surface area contributed by atoms with Crippen molar-refractivity contribution >= 4 is 23.2 Å². The minimum absolute atomic E-state index is 0.185. The largest absolute Gasteiger partial charge is 0.465 e. The van der Waals surface area contributed by atoms with Crippen LogP contribution in [0.15, 0.2) is 18.2 Å². The van der Waals surface area contributed by atoms with Crippen LogP contribution < -0.4 is 4.90 Å². The topological polar surface area (TPSA) is 66.9 Å². The molecule has 0 saturated carbocycles. The number of rotatable bonds is 5. The van der Waals surface area contributed by atoms with Crippen molar-refractivity contribution in [1.82, 2.24) is 4.90 Å². The number of piperazine rings is 1. The van der Waals surface area contributed by atoms with Gasteiger partial charge in [-0.15, -0.1) is 0 Å². The maximum Gasteiger partial charge on any atom is 0.337 e. The molecule has 2 rings (SSSR count). The van der Waals surface area contributed by atoms with E-state index in [0.29, 0.717) is 31.9 Å². The average Bonchev–Trinajstić information content (AvgIpc) is 2.55. The van der Waals surface area contributed by atoms with Crippen LogP contribution in [0.3, 0.4) is 0 Å². The Morgan fingerprint density at radius 2 is 1.67 bits per heavy atom. The van der Waals surface area contributed by atoms with Gasteiger partial charge in [0, 0.05) is 26.2 Å². The summed E-state index contributed by atoms with van der Waals surface area (Å²) in [5.74, 6) is -1.32. The first kappa shape index (κ1) is 18.1. The van der Waals surface area contributed by atoms with E-state index in [-0.39, 0.29) is 17.1 Å². The second-order valence-electron chi connectivity index (χ2n) is 5.80. The molecule has 0 radical (unpaired) electrons. The van der Waals surface area contributed by atoms with Gasteiger partial charge in [-0.2, -0.15) is 0 Å². The lowest BCUT2D eigenvalue weighted by molar-refractivity contribution is -0.132. The molecule has 7 heteroatoms. The smallest absolute Gasteiger partial charge is 0.337 e. The normalized spacial score (nSPS) is 15.5. The van der Waals surface area contributed by atoms with E-state index in [1.165, 1.54) is 39.2 Å². The summed E-state index contributed by atoms with van der Waals surface area (Å²) in [4.78, 5) is 38.5. The van der Waals surface area contributed by atoms with Crippen LogP contribution in [-0.2, 0) is 14.3 Å². The summed E-state index contributed by atoms with van der Waals surface area (Å²) >= 11 is 0. The van der Waals surface area contributed by atoms with Crippen LogP contribution in [0.25, 0.3) is 0 Å². The van der Waals surface area contributed by atoms with Gasteiger partial charge in [-0.05, 0) is 32.0 Å². The fourth-order valence-corrected chi connectivity index (χ4v) is 3.02. The summed E-state index contributed by atoms with van der Waals surface area (Å²) in [6.07, 6.45) is 0. The molecule has 0 bridgehead atoms. The van der Waals surface area contributed by atoms with E-state index in [1.807, 2.05) is 4.90 Å². The van der Waals surface area contributed by atoms with Crippen molar-refractivity contribution in [1.29, 1.82) is 0 Å². The van der Waals surface area contributed by atoms with Crippen molar-refractivity contribution < 1.29 is 23.5 Å². The molecular formula is C17H21FN2O4. The molecule has 1 fully saturated rings. The zero-order valence-electron chi connectivity index (χ0n) is 14.0. The SMILES string of the molecule is COC(=O)c1ccc(F)c(N2CCN(C(C(C)=O)C(C)=O)CC2)c1. The number of Topliss-reactive ketones (excluding diaryl/α,β-unsaturated/α-hetero) is 2. The van der Waals surface area contributed by atoms with E-state index in [2.05, 4.69) is 4.74 Å². The fraction of sp³-hybridized carbons (Fsp3) is 0.471. The molecule has 1 saturated heterocycles. The number of methoxy groups -OCH3 is 1. The number of hydrogen-bond acceptors (Lipinski definition) is 6. The van der Waals surface area contributed by atoms with Crippen molar-refractivity contribution in [3.8, 4) is 0 Å². The van der Waals surface area contributed by atoms with Gasteiger partial charge in [-0.3, -0.25) is 14.5 Å². The standard InChI is InChI=1S/C17H21FN2O4/c1-11(21)16(12(2)22)20-8-6-19(7-9-20)15-10-13(17(23)24-3)4-5-14(15)18/h4-5,10,16H,6-9H2,1-3H3. The minimum Gasteiger partial charge on any atom is -0.465 e. The zero-order chi connectivity index (χ0) is 17.9. The van der Waals surface area contributed by atoms with Gasteiger partial charge in [0.25, 0.3) is 0 Å². The average molecular weight is 336 g/mol. The van der Waals surface area contributed by atoms with E-state index >= 15 is 0 Å². The lowest BCUT2D eigenvalue weighted by atomic mass is 10.1. The Kier molecular flexibility index (Phi) is 5.66. The Bertz CT molecular complexity index is 640. The molecule has 1 aromatic rings. The molecule has 1 aliphatic rings. The van der Waals surface area contributed by atoms with Gasteiger partial charge >= 0.3 is 5.97 Å². The molecule has 1 aromatic carbocycles. The number of esters is 1. The van der Waals surface area contributed by atoms with Gasteiger partial charge in [-0.25, -0.2) is 9.18 Å². The van der Waals surface area contributed by atoms with E-state index in [1.54, 1.807) is 4.90 Å². The second kappa shape index (κ2) is 7.53. The summed E-state index contributed by atoms with van der Waals surface area (Å²) in [7, 11) is 1.27. The summed E-state index contributed by atoms with van der Waals surface area (Å²) in [5.41, 5.74) is 0.599. The van der Waals surface area contributed by atoms with Crippen molar-refractivity contribution in [2.45, 2.75) is 19.9 Å². The number of carbonyl (C=O) groups is 3. The number of anilines is 1. The Labute approximate surface area is 140 Å². The van der Waals surface area contributed by atoms with E-state index in [0.717, 1.165) is 0 Å². The Hall–Kier alpha value is -2.28. The van der Waals surface area contributed by atoms with Crippen LogP contribution in [0.4, 0.5) is 10.1 Å². The second-order valence-corrected chi connectivity index (χ2v) is 5.80. The highest BCUT2D eigenvalue weighted by molar-refractivity contribution is 6.04. The van der Waals surface area contributed by atoms with Gasteiger partial charge in [-0.1, -0.05) is 0 Å². The quantitative estimate of drug-likeness (QED) is 0.596. The first-order valence-corrected chi connectivity index (χ1v) is 7.73. The molecule has 1 aliphatic heterocycles. The van der Waals surface area contributed by atoms with Crippen molar-refractivity contribution in [3.05, 3.63) is 29.6 Å². The molecule has 1 heterocycles. The monoisotopic (exact) mass is 336 g/mol. The van der Waals surface area contributed by atoms with Crippen molar-refractivity contribution in [2.24, 2.45) is 0 Å². The number of nitrogens with zero attached hydrogens (tertiary/aromatic N) is 2. The number of hydrogen-bond donors (Lipinski definition) is 0. The van der Waals surface area contributed by atoms with Crippen LogP contribution in [-0.4, -0.2) is 61.8 Å². The predicted molar refractivity (Wildman–Crippen MR) is 86.7 cm³/mol. The van der Waals surface area contributed by atoms with Gasteiger partial charge in [0.05, 0.1) is 18.4 Å². The third-order valence-electron chi connectivity index (χ3n) is 4.16. The minimum atomic E-state index is -0.738. The summed E-state index contributed by atoms with van der Waals surface area (Å²) in [6.45, 7) is 4.64. The third kappa shape index (κ3) is 3.79. The van der Waals surface area contributed by atoms with Crippen molar-refractivity contribution in [3.63, 3.8) is 0 Å². The summed E-state index contributed by atoms with van der Waals surface area (Å²) in [5, 5.41) is 0.